The van der Waals surface area contributed by atoms with Gasteiger partial charge in [-0.25, -0.2) is 8.42 Å². The van der Waals surface area contributed by atoms with Gasteiger partial charge in [-0.2, -0.15) is 0 Å². The number of carbonyl (C=O) groups excluding carboxylic acids is 2. The third-order valence-electron chi connectivity index (χ3n) is 5.97. The maximum Gasteiger partial charge on any atom is 0.271 e. The van der Waals surface area contributed by atoms with Crippen molar-refractivity contribution in [3.05, 3.63) is 104 Å². The van der Waals surface area contributed by atoms with Gasteiger partial charge in [0.15, 0.2) is 0 Å². The lowest BCUT2D eigenvalue weighted by molar-refractivity contribution is -0.384. The molecule has 1 atom stereocenters. The number of non-ortho nitro benzene ring substituents is 1. The number of nitro benzene ring substituents is 1. The van der Waals surface area contributed by atoms with E-state index in [0.29, 0.717) is 17.1 Å². The fraction of sp³-hybridized carbons (Fsp3) is 0.259. The van der Waals surface area contributed by atoms with E-state index in [1.54, 1.807) is 25.1 Å². The predicted molar refractivity (Wildman–Crippen MR) is 155 cm³/mol. The molecule has 0 fully saturated rings. The minimum atomic E-state index is -4.07. The van der Waals surface area contributed by atoms with Crippen molar-refractivity contribution in [2.75, 3.05) is 23.7 Å². The van der Waals surface area contributed by atoms with Gasteiger partial charge in [0, 0.05) is 31.6 Å². The third-order valence-corrected chi connectivity index (χ3v) is 7.85. The predicted octanol–water partition coefficient (Wildman–Crippen LogP) is 4.44. The number of nitro groups is 1. The Morgan fingerprint density at radius 2 is 1.68 bits per heavy atom. The van der Waals surface area contributed by atoms with E-state index in [2.05, 4.69) is 5.32 Å². The van der Waals surface area contributed by atoms with E-state index in [-0.39, 0.29) is 29.4 Å². The molecule has 3 aromatic rings. The Balaban J connectivity index is 2.07. The molecule has 0 heterocycles. The first kappa shape index (κ1) is 30.9. The Morgan fingerprint density at radius 1 is 0.975 bits per heavy atom. The highest BCUT2D eigenvalue weighted by molar-refractivity contribution is 7.92. The average Bonchev–Trinajstić information content (AvgIpc) is 2.91. The van der Waals surface area contributed by atoms with Crippen LogP contribution in [0.15, 0.2) is 72.8 Å². The number of anilines is 1. The summed E-state index contributed by atoms with van der Waals surface area (Å²) in [4.78, 5) is 39.2. The van der Waals surface area contributed by atoms with E-state index in [9.17, 15) is 28.1 Å². The molecule has 0 bridgehead atoms. The molecule has 0 radical (unpaired) electrons. The minimum absolute atomic E-state index is 0.0582. The molecule has 0 aliphatic heterocycles. The van der Waals surface area contributed by atoms with Gasteiger partial charge in [-0.3, -0.25) is 24.0 Å². The summed E-state index contributed by atoms with van der Waals surface area (Å²) in [5, 5.41) is 14.6. The molecule has 1 unspecified atom stereocenters. The number of halogens is 2. The van der Waals surface area contributed by atoms with E-state index in [1.807, 2.05) is 30.3 Å². The lowest BCUT2D eigenvalue weighted by Crippen LogP contribution is -2.53. The molecule has 3 rings (SSSR count). The van der Waals surface area contributed by atoms with Crippen molar-refractivity contribution in [3.63, 3.8) is 0 Å². The molecular weight excluding hydrogens is 579 g/mol. The first-order chi connectivity index (χ1) is 18.9. The summed E-state index contributed by atoms with van der Waals surface area (Å²) in [6, 6.07) is 17.8. The first-order valence-corrected chi connectivity index (χ1v) is 14.8. The molecular formula is C27H28Cl2N4O6S. The van der Waals surface area contributed by atoms with E-state index in [1.165, 1.54) is 23.1 Å². The molecule has 10 nitrogen and oxygen atoms in total. The highest BCUT2D eigenvalue weighted by Crippen LogP contribution is 2.26. The molecule has 0 spiro atoms. The zero-order chi connectivity index (χ0) is 29.4. The molecule has 0 aliphatic rings. The van der Waals surface area contributed by atoms with Crippen LogP contribution >= 0.6 is 23.2 Å². The van der Waals surface area contributed by atoms with E-state index >= 15 is 0 Å². The van der Waals surface area contributed by atoms with Crippen LogP contribution in [-0.4, -0.2) is 55.4 Å². The zero-order valence-corrected chi connectivity index (χ0v) is 24.1. The number of nitrogens with zero attached hydrogens (tertiary/aromatic N) is 3. The van der Waals surface area contributed by atoms with Crippen molar-refractivity contribution < 1.29 is 22.9 Å². The van der Waals surface area contributed by atoms with Gasteiger partial charge in [0.05, 0.1) is 26.9 Å². The molecule has 13 heteroatoms. The van der Waals surface area contributed by atoms with Crippen LogP contribution in [0.2, 0.25) is 10.0 Å². The number of hydrogen-bond acceptors (Lipinski definition) is 6. The van der Waals surface area contributed by atoms with E-state index < -0.39 is 39.3 Å². The number of benzene rings is 3. The monoisotopic (exact) mass is 606 g/mol. The fourth-order valence-corrected chi connectivity index (χ4v) is 5.22. The average molecular weight is 608 g/mol. The van der Waals surface area contributed by atoms with Crippen LogP contribution in [-0.2, 0) is 32.6 Å². The quantitative estimate of drug-likeness (QED) is 0.239. The second kappa shape index (κ2) is 13.6. The number of likely N-dealkylation sites (N-methyl/N-ethyl adjacent to an activating group) is 1. The van der Waals surface area contributed by atoms with Crippen LogP contribution in [0.5, 0.6) is 0 Å². The van der Waals surface area contributed by atoms with Crippen molar-refractivity contribution in [1.29, 1.82) is 0 Å². The summed E-state index contributed by atoms with van der Waals surface area (Å²) in [5.74, 6) is -1.13. The van der Waals surface area contributed by atoms with Gasteiger partial charge in [-0.15, -0.1) is 0 Å². The van der Waals surface area contributed by atoms with E-state index in [4.69, 9.17) is 23.2 Å². The van der Waals surface area contributed by atoms with Gasteiger partial charge >= 0.3 is 0 Å². The van der Waals surface area contributed by atoms with Crippen LogP contribution < -0.4 is 9.62 Å². The van der Waals surface area contributed by atoms with Gasteiger partial charge in [-0.1, -0.05) is 65.7 Å². The van der Waals surface area contributed by atoms with Crippen LogP contribution in [0.4, 0.5) is 11.4 Å². The van der Waals surface area contributed by atoms with Crippen LogP contribution in [0.25, 0.3) is 0 Å². The van der Waals surface area contributed by atoms with Crippen molar-refractivity contribution in [2.45, 2.75) is 25.9 Å². The summed E-state index contributed by atoms with van der Waals surface area (Å²) in [6.45, 7) is 1.27. The number of carbonyl (C=O) groups is 2. The first-order valence-electron chi connectivity index (χ1n) is 12.2. The topological polar surface area (TPSA) is 130 Å². The second-order valence-corrected chi connectivity index (χ2v) is 11.6. The van der Waals surface area contributed by atoms with Crippen LogP contribution in [0.3, 0.4) is 0 Å². The lowest BCUT2D eigenvalue weighted by Gasteiger charge is -2.33. The van der Waals surface area contributed by atoms with Gasteiger partial charge in [0.25, 0.3) is 5.69 Å². The molecule has 0 aromatic heterocycles. The van der Waals surface area contributed by atoms with Gasteiger partial charge < -0.3 is 10.2 Å². The maximum absolute atomic E-state index is 13.9. The molecule has 1 N–H and O–H groups in total. The summed E-state index contributed by atoms with van der Waals surface area (Å²) in [5.41, 5.74) is 0.948. The molecule has 3 aromatic carbocycles. The van der Waals surface area contributed by atoms with Crippen molar-refractivity contribution >= 4 is 56.4 Å². The molecule has 0 aliphatic carbocycles. The second-order valence-electron chi connectivity index (χ2n) is 8.92. The zero-order valence-electron chi connectivity index (χ0n) is 21.8. The van der Waals surface area contributed by atoms with Crippen LogP contribution in [0.1, 0.15) is 18.1 Å². The molecule has 0 saturated heterocycles. The fourth-order valence-electron chi connectivity index (χ4n) is 4.06. The standard InChI is InChI=1S/C27H28Cl2N4O6S/c1-3-30-27(35)25(15-19-8-5-4-6-9-19)31(17-20-12-13-23(28)24(29)14-20)26(34)18-32(40(2,38)39)21-10-7-11-22(16-21)33(36)37/h4-14,16,25H,3,15,17-18H2,1-2H3,(H,30,35). The van der Waals surface area contributed by atoms with Crippen molar-refractivity contribution in [3.8, 4) is 0 Å². The number of rotatable bonds is 12. The lowest BCUT2D eigenvalue weighted by atomic mass is 10.0. The molecule has 40 heavy (non-hydrogen) atoms. The van der Waals surface area contributed by atoms with Crippen LogP contribution in [0, 0.1) is 10.1 Å². The van der Waals surface area contributed by atoms with Gasteiger partial charge in [0.1, 0.15) is 12.6 Å². The molecule has 212 valence electrons. The third kappa shape index (κ3) is 8.17. The number of hydrogen-bond donors (Lipinski definition) is 1. The summed E-state index contributed by atoms with van der Waals surface area (Å²) < 4.78 is 26.3. The molecule has 0 saturated carbocycles. The van der Waals surface area contributed by atoms with Gasteiger partial charge in [0.2, 0.25) is 21.8 Å². The van der Waals surface area contributed by atoms with E-state index in [0.717, 1.165) is 22.2 Å². The number of amides is 2. The minimum Gasteiger partial charge on any atom is -0.355 e. The molecule has 2 amide bonds. The summed E-state index contributed by atoms with van der Waals surface area (Å²) in [6.07, 6.45) is 1.04. The Labute approximate surface area is 242 Å². The Kier molecular flexibility index (Phi) is 10.5. The summed E-state index contributed by atoms with van der Waals surface area (Å²) in [7, 11) is -4.07. The highest BCUT2D eigenvalue weighted by atomic mass is 35.5. The number of sulfonamides is 1. The SMILES string of the molecule is CCNC(=O)C(Cc1ccccc1)N(Cc1ccc(Cl)c(Cl)c1)C(=O)CN(c1cccc([N+](=O)[O-])c1)S(C)(=O)=O. The van der Waals surface area contributed by atoms with Crippen molar-refractivity contribution in [2.24, 2.45) is 0 Å². The smallest absolute Gasteiger partial charge is 0.271 e. The van der Waals surface area contributed by atoms with Gasteiger partial charge in [-0.05, 0) is 36.2 Å². The number of nitrogens with one attached hydrogen (secondary N) is 1. The largest absolute Gasteiger partial charge is 0.355 e. The maximum atomic E-state index is 13.9. The van der Waals surface area contributed by atoms with Crippen molar-refractivity contribution in [1.82, 2.24) is 10.2 Å². The Morgan fingerprint density at radius 3 is 2.27 bits per heavy atom. The highest BCUT2D eigenvalue weighted by Gasteiger charge is 2.33. The normalized spacial score (nSPS) is 11.9. The Hall–Kier alpha value is -3.67. The Bertz CT molecular complexity index is 1490. The summed E-state index contributed by atoms with van der Waals surface area (Å²) >= 11 is 12.3.